The summed E-state index contributed by atoms with van der Waals surface area (Å²) in [6.07, 6.45) is 3.07. The molecule has 0 radical (unpaired) electrons. The molecule has 2 rings (SSSR count). The Morgan fingerprint density at radius 1 is 1.15 bits per heavy atom. The molecule has 0 saturated carbocycles. The minimum absolute atomic E-state index is 0.0898. The smallest absolute Gasteiger partial charge is 0.163 e. The number of fused-ring (bicyclic) bond motifs is 1. The van der Waals surface area contributed by atoms with E-state index in [1.54, 1.807) is 12.1 Å². The van der Waals surface area contributed by atoms with Crippen LogP contribution in [0.25, 0.3) is 0 Å². The summed E-state index contributed by atoms with van der Waals surface area (Å²) in [6, 6.07) is 4.76. The predicted molar refractivity (Wildman–Crippen MR) is 48.3 cm³/mol. The monoisotopic (exact) mass is 178 g/mol. The van der Waals surface area contributed by atoms with Gasteiger partial charge in [-0.2, -0.15) is 0 Å². The van der Waals surface area contributed by atoms with Crippen LogP contribution in [0.3, 0.4) is 0 Å². The molecule has 0 amide bonds. The third kappa shape index (κ3) is 1.48. The molecule has 1 aromatic carbocycles. The number of rotatable bonds is 0. The van der Waals surface area contributed by atoms with E-state index >= 15 is 0 Å². The van der Waals surface area contributed by atoms with E-state index in [-0.39, 0.29) is 11.6 Å². The molecular weight excluding hydrogens is 167 g/mol. The summed E-state index contributed by atoms with van der Waals surface area (Å²) in [5, 5.41) is 0. The average molecular weight is 178 g/mol. The first-order valence-electron chi connectivity index (χ1n) is 4.59. The minimum atomic E-state index is -0.229. The van der Waals surface area contributed by atoms with Crippen molar-refractivity contribution in [2.45, 2.75) is 25.7 Å². The van der Waals surface area contributed by atoms with Crippen molar-refractivity contribution < 1.29 is 9.18 Å². The highest BCUT2D eigenvalue weighted by Gasteiger charge is 2.17. The summed E-state index contributed by atoms with van der Waals surface area (Å²) in [5.41, 5.74) is 1.21. The van der Waals surface area contributed by atoms with Gasteiger partial charge in [0.2, 0.25) is 0 Å². The third-order valence-corrected chi connectivity index (χ3v) is 2.50. The van der Waals surface area contributed by atoms with E-state index in [2.05, 4.69) is 0 Å². The molecule has 0 aromatic heterocycles. The molecular formula is C11H11FO. The van der Waals surface area contributed by atoms with Gasteiger partial charge in [0.25, 0.3) is 0 Å². The molecule has 0 atom stereocenters. The fraction of sp³-hybridized carbons (Fsp3) is 0.364. The Bertz CT molecular complexity index is 344. The van der Waals surface area contributed by atoms with Crippen LogP contribution in [-0.4, -0.2) is 5.78 Å². The van der Waals surface area contributed by atoms with Crippen LogP contribution in [-0.2, 0) is 6.42 Å². The lowest BCUT2D eigenvalue weighted by atomic mass is 10.0. The Balaban J connectivity index is 2.54. The maximum absolute atomic E-state index is 13.3. The van der Waals surface area contributed by atoms with E-state index in [0.29, 0.717) is 24.0 Å². The summed E-state index contributed by atoms with van der Waals surface area (Å²) < 4.78 is 13.3. The Morgan fingerprint density at radius 2 is 1.92 bits per heavy atom. The molecule has 0 fully saturated rings. The molecule has 13 heavy (non-hydrogen) atoms. The van der Waals surface area contributed by atoms with E-state index in [1.165, 1.54) is 6.07 Å². The Hall–Kier alpha value is -1.18. The normalized spacial score (nSPS) is 16.5. The number of hydrogen-bond acceptors (Lipinski definition) is 1. The summed E-state index contributed by atoms with van der Waals surface area (Å²) >= 11 is 0. The second-order valence-electron chi connectivity index (χ2n) is 3.40. The number of benzene rings is 1. The van der Waals surface area contributed by atoms with Gasteiger partial charge in [-0.3, -0.25) is 4.79 Å². The molecule has 0 saturated heterocycles. The average Bonchev–Trinajstić information content (AvgIpc) is 2.30. The Labute approximate surface area is 76.6 Å². The number of halogens is 1. The van der Waals surface area contributed by atoms with E-state index < -0.39 is 0 Å². The highest BCUT2D eigenvalue weighted by atomic mass is 19.1. The number of ketones is 1. The second-order valence-corrected chi connectivity index (χ2v) is 3.40. The van der Waals surface area contributed by atoms with Crippen molar-refractivity contribution in [2.75, 3.05) is 0 Å². The van der Waals surface area contributed by atoms with Crippen molar-refractivity contribution in [1.29, 1.82) is 0 Å². The SMILES string of the molecule is O=C1CCCCc2c(F)cccc21. The van der Waals surface area contributed by atoms with Crippen LogP contribution in [0.4, 0.5) is 4.39 Å². The van der Waals surface area contributed by atoms with Crippen LogP contribution in [0.15, 0.2) is 18.2 Å². The van der Waals surface area contributed by atoms with Crippen molar-refractivity contribution >= 4 is 5.78 Å². The van der Waals surface area contributed by atoms with Crippen LogP contribution in [0.5, 0.6) is 0 Å². The van der Waals surface area contributed by atoms with Crippen molar-refractivity contribution in [3.63, 3.8) is 0 Å². The Kier molecular flexibility index (Phi) is 2.13. The highest BCUT2D eigenvalue weighted by molar-refractivity contribution is 5.97. The van der Waals surface area contributed by atoms with Crippen molar-refractivity contribution in [1.82, 2.24) is 0 Å². The number of carbonyl (C=O) groups is 1. The molecule has 0 heterocycles. The molecule has 2 heteroatoms. The zero-order chi connectivity index (χ0) is 9.26. The van der Waals surface area contributed by atoms with Gasteiger partial charge in [0.15, 0.2) is 5.78 Å². The molecule has 1 aliphatic carbocycles. The minimum Gasteiger partial charge on any atom is -0.294 e. The molecule has 1 aliphatic rings. The number of hydrogen-bond donors (Lipinski definition) is 0. The first kappa shape index (κ1) is 8.42. The van der Waals surface area contributed by atoms with Gasteiger partial charge in [0.05, 0.1) is 0 Å². The zero-order valence-electron chi connectivity index (χ0n) is 7.35. The maximum Gasteiger partial charge on any atom is 0.163 e. The van der Waals surface area contributed by atoms with Gasteiger partial charge in [0.1, 0.15) is 5.82 Å². The quantitative estimate of drug-likeness (QED) is 0.558. The van der Waals surface area contributed by atoms with Gasteiger partial charge >= 0.3 is 0 Å². The molecule has 0 spiro atoms. The summed E-state index contributed by atoms with van der Waals surface area (Å²) in [6.45, 7) is 0. The van der Waals surface area contributed by atoms with Gasteiger partial charge in [-0.1, -0.05) is 12.1 Å². The first-order chi connectivity index (χ1) is 6.29. The molecule has 0 aliphatic heterocycles. The number of carbonyl (C=O) groups excluding carboxylic acids is 1. The molecule has 0 bridgehead atoms. The number of Topliss-reactive ketones (excluding diaryl/α,β-unsaturated/α-hetero) is 1. The zero-order valence-corrected chi connectivity index (χ0v) is 7.35. The van der Waals surface area contributed by atoms with E-state index in [1.807, 2.05) is 0 Å². The van der Waals surface area contributed by atoms with Crippen molar-refractivity contribution in [3.8, 4) is 0 Å². The van der Waals surface area contributed by atoms with Crippen LogP contribution in [0.1, 0.15) is 35.2 Å². The van der Waals surface area contributed by atoms with Gasteiger partial charge in [0, 0.05) is 12.0 Å². The first-order valence-corrected chi connectivity index (χ1v) is 4.59. The van der Waals surface area contributed by atoms with Crippen LogP contribution in [0, 0.1) is 5.82 Å². The predicted octanol–water partition coefficient (Wildman–Crippen LogP) is 2.73. The molecule has 0 unspecified atom stereocenters. The molecule has 1 aromatic rings. The topological polar surface area (TPSA) is 17.1 Å². The fourth-order valence-electron chi connectivity index (χ4n) is 1.80. The Morgan fingerprint density at radius 3 is 2.77 bits per heavy atom. The van der Waals surface area contributed by atoms with Gasteiger partial charge in [-0.25, -0.2) is 4.39 Å². The van der Waals surface area contributed by atoms with Crippen molar-refractivity contribution in [3.05, 3.63) is 35.1 Å². The lowest BCUT2D eigenvalue weighted by Crippen LogP contribution is -2.01. The molecule has 0 N–H and O–H groups in total. The van der Waals surface area contributed by atoms with Crippen molar-refractivity contribution in [2.24, 2.45) is 0 Å². The fourth-order valence-corrected chi connectivity index (χ4v) is 1.80. The standard InChI is InChI=1S/C11H11FO/c12-10-6-3-5-9-8(10)4-1-2-7-11(9)13/h3,5-6H,1-2,4,7H2. The second kappa shape index (κ2) is 3.29. The van der Waals surface area contributed by atoms with Gasteiger partial charge in [-0.15, -0.1) is 0 Å². The molecule has 1 nitrogen and oxygen atoms in total. The van der Waals surface area contributed by atoms with Crippen LogP contribution < -0.4 is 0 Å². The summed E-state index contributed by atoms with van der Waals surface area (Å²) in [5.74, 6) is -0.139. The summed E-state index contributed by atoms with van der Waals surface area (Å²) in [7, 11) is 0. The van der Waals surface area contributed by atoms with E-state index in [9.17, 15) is 9.18 Å². The molecule has 68 valence electrons. The van der Waals surface area contributed by atoms with Crippen LogP contribution in [0.2, 0.25) is 0 Å². The van der Waals surface area contributed by atoms with E-state index in [0.717, 1.165) is 12.8 Å². The van der Waals surface area contributed by atoms with Gasteiger partial charge < -0.3 is 0 Å². The lowest BCUT2D eigenvalue weighted by molar-refractivity contribution is 0.0981. The third-order valence-electron chi connectivity index (χ3n) is 2.50. The van der Waals surface area contributed by atoms with Gasteiger partial charge in [-0.05, 0) is 30.9 Å². The highest BCUT2D eigenvalue weighted by Crippen LogP contribution is 2.22. The van der Waals surface area contributed by atoms with Crippen LogP contribution >= 0.6 is 0 Å². The maximum atomic E-state index is 13.3. The van der Waals surface area contributed by atoms with E-state index in [4.69, 9.17) is 0 Å². The largest absolute Gasteiger partial charge is 0.294 e. The lowest BCUT2D eigenvalue weighted by Gasteiger charge is -2.04. The summed E-state index contributed by atoms with van der Waals surface area (Å²) in [4.78, 5) is 11.5.